The number of halogens is 1. The van der Waals surface area contributed by atoms with Gasteiger partial charge in [-0.15, -0.1) is 0 Å². The fraction of sp³-hybridized carbons (Fsp3) is 0.500. The van der Waals surface area contributed by atoms with Crippen molar-refractivity contribution in [2.45, 2.75) is 31.6 Å². The second-order valence-corrected chi connectivity index (χ2v) is 5.30. The summed E-state index contributed by atoms with van der Waals surface area (Å²) in [6.07, 6.45) is 4.95. The summed E-state index contributed by atoms with van der Waals surface area (Å²) in [4.78, 5) is 0. The molecule has 3 nitrogen and oxygen atoms in total. The first kappa shape index (κ1) is 13.7. The molecule has 0 radical (unpaired) electrons. The molecule has 0 amide bonds. The molecule has 20 heavy (non-hydrogen) atoms. The SMILES string of the molecule is Fc1cccc(C2=CCNC(CCC3OCCO3)C2)c1. The van der Waals surface area contributed by atoms with Crippen molar-refractivity contribution in [2.75, 3.05) is 19.8 Å². The topological polar surface area (TPSA) is 30.5 Å². The molecule has 1 saturated heterocycles. The first-order chi connectivity index (χ1) is 9.81. The molecule has 0 aromatic heterocycles. The predicted molar refractivity (Wildman–Crippen MR) is 75.7 cm³/mol. The van der Waals surface area contributed by atoms with Crippen molar-refractivity contribution in [3.63, 3.8) is 0 Å². The molecule has 0 bridgehead atoms. The van der Waals surface area contributed by atoms with Crippen molar-refractivity contribution in [2.24, 2.45) is 0 Å². The van der Waals surface area contributed by atoms with Crippen LogP contribution in [0.3, 0.4) is 0 Å². The predicted octanol–water partition coefficient (Wildman–Crippen LogP) is 2.72. The molecule has 1 N–H and O–H groups in total. The molecule has 0 saturated carbocycles. The van der Waals surface area contributed by atoms with Gasteiger partial charge in [0.1, 0.15) is 5.82 Å². The highest BCUT2D eigenvalue weighted by Gasteiger charge is 2.21. The van der Waals surface area contributed by atoms with Gasteiger partial charge in [-0.05, 0) is 42.5 Å². The van der Waals surface area contributed by atoms with Gasteiger partial charge in [-0.3, -0.25) is 0 Å². The van der Waals surface area contributed by atoms with Gasteiger partial charge in [0.05, 0.1) is 13.2 Å². The summed E-state index contributed by atoms with van der Waals surface area (Å²) in [5, 5.41) is 3.48. The summed E-state index contributed by atoms with van der Waals surface area (Å²) >= 11 is 0. The van der Waals surface area contributed by atoms with Gasteiger partial charge in [-0.2, -0.15) is 0 Å². The van der Waals surface area contributed by atoms with Crippen molar-refractivity contribution in [3.8, 4) is 0 Å². The van der Waals surface area contributed by atoms with Crippen LogP contribution in [0, 0.1) is 5.82 Å². The normalized spacial score (nSPS) is 23.9. The smallest absolute Gasteiger partial charge is 0.157 e. The summed E-state index contributed by atoms with van der Waals surface area (Å²) < 4.78 is 24.2. The van der Waals surface area contributed by atoms with Crippen molar-refractivity contribution < 1.29 is 13.9 Å². The first-order valence-corrected chi connectivity index (χ1v) is 7.23. The maximum Gasteiger partial charge on any atom is 0.157 e. The third kappa shape index (κ3) is 3.45. The quantitative estimate of drug-likeness (QED) is 0.918. The van der Waals surface area contributed by atoms with E-state index in [9.17, 15) is 4.39 Å². The fourth-order valence-corrected chi connectivity index (χ4v) is 2.81. The van der Waals surface area contributed by atoms with Gasteiger partial charge in [0.25, 0.3) is 0 Å². The van der Waals surface area contributed by atoms with Crippen molar-refractivity contribution in [1.82, 2.24) is 5.32 Å². The summed E-state index contributed by atoms with van der Waals surface area (Å²) in [7, 11) is 0. The van der Waals surface area contributed by atoms with Crippen LogP contribution in [0.2, 0.25) is 0 Å². The standard InChI is InChI=1S/C16H20FNO2/c17-14-3-1-2-12(10-14)13-6-7-18-15(11-13)4-5-16-19-8-9-20-16/h1-3,6,10,15-16,18H,4-5,7-9,11H2. The summed E-state index contributed by atoms with van der Waals surface area (Å²) in [5.41, 5.74) is 2.21. The minimum absolute atomic E-state index is 0.0414. The lowest BCUT2D eigenvalue weighted by molar-refractivity contribution is -0.0490. The number of benzene rings is 1. The second-order valence-electron chi connectivity index (χ2n) is 5.30. The Labute approximate surface area is 118 Å². The van der Waals surface area contributed by atoms with E-state index in [1.54, 1.807) is 12.1 Å². The molecule has 1 fully saturated rings. The highest BCUT2D eigenvalue weighted by molar-refractivity contribution is 5.67. The Bertz CT molecular complexity index is 483. The van der Waals surface area contributed by atoms with E-state index in [0.29, 0.717) is 19.3 Å². The number of nitrogens with one attached hydrogen (secondary N) is 1. The van der Waals surface area contributed by atoms with Gasteiger partial charge in [-0.25, -0.2) is 4.39 Å². The summed E-state index contributed by atoms with van der Waals surface area (Å²) in [5.74, 6) is -0.175. The maximum atomic E-state index is 13.3. The van der Waals surface area contributed by atoms with E-state index in [1.165, 1.54) is 11.6 Å². The average molecular weight is 277 g/mol. The van der Waals surface area contributed by atoms with Gasteiger partial charge in [0.15, 0.2) is 6.29 Å². The van der Waals surface area contributed by atoms with Crippen LogP contribution < -0.4 is 5.32 Å². The number of hydrogen-bond donors (Lipinski definition) is 1. The van der Waals surface area contributed by atoms with Crippen LogP contribution in [0.25, 0.3) is 5.57 Å². The largest absolute Gasteiger partial charge is 0.350 e. The van der Waals surface area contributed by atoms with Crippen LogP contribution in [0.5, 0.6) is 0 Å². The van der Waals surface area contributed by atoms with Crippen molar-refractivity contribution >= 4 is 5.57 Å². The van der Waals surface area contributed by atoms with E-state index in [-0.39, 0.29) is 12.1 Å². The van der Waals surface area contributed by atoms with Crippen molar-refractivity contribution in [1.29, 1.82) is 0 Å². The molecule has 1 unspecified atom stereocenters. The van der Waals surface area contributed by atoms with E-state index in [2.05, 4.69) is 11.4 Å². The van der Waals surface area contributed by atoms with Gasteiger partial charge in [0.2, 0.25) is 0 Å². The van der Waals surface area contributed by atoms with Crippen molar-refractivity contribution in [3.05, 3.63) is 41.7 Å². The Morgan fingerprint density at radius 2 is 2.05 bits per heavy atom. The molecular weight excluding hydrogens is 257 g/mol. The molecule has 3 rings (SSSR count). The van der Waals surface area contributed by atoms with Crippen LogP contribution >= 0.6 is 0 Å². The van der Waals surface area contributed by atoms with Gasteiger partial charge in [0, 0.05) is 12.6 Å². The first-order valence-electron chi connectivity index (χ1n) is 7.23. The molecule has 1 aromatic rings. The third-order valence-corrected chi connectivity index (χ3v) is 3.86. The minimum Gasteiger partial charge on any atom is -0.350 e. The van der Waals surface area contributed by atoms with E-state index in [4.69, 9.17) is 9.47 Å². The molecule has 4 heteroatoms. The Hall–Kier alpha value is -1.23. The lowest BCUT2D eigenvalue weighted by atomic mass is 9.93. The fourth-order valence-electron chi connectivity index (χ4n) is 2.81. The summed E-state index contributed by atoms with van der Waals surface area (Å²) in [6.45, 7) is 2.25. The molecule has 1 aromatic carbocycles. The lowest BCUT2D eigenvalue weighted by Crippen LogP contribution is -2.33. The van der Waals surface area contributed by atoms with E-state index in [1.807, 2.05) is 6.07 Å². The average Bonchev–Trinajstić information content (AvgIpc) is 2.99. The molecule has 0 aliphatic carbocycles. The van der Waals surface area contributed by atoms with Gasteiger partial charge in [-0.1, -0.05) is 18.2 Å². The molecule has 108 valence electrons. The highest BCUT2D eigenvalue weighted by Crippen LogP contribution is 2.25. The zero-order valence-electron chi connectivity index (χ0n) is 11.5. The Morgan fingerprint density at radius 1 is 1.20 bits per heavy atom. The van der Waals surface area contributed by atoms with E-state index in [0.717, 1.165) is 31.4 Å². The van der Waals surface area contributed by atoms with Gasteiger partial charge < -0.3 is 14.8 Å². The molecule has 2 aliphatic rings. The molecule has 0 spiro atoms. The highest BCUT2D eigenvalue weighted by atomic mass is 19.1. The number of ether oxygens (including phenoxy) is 2. The molecule has 2 aliphatic heterocycles. The number of rotatable bonds is 4. The Morgan fingerprint density at radius 3 is 2.85 bits per heavy atom. The van der Waals surface area contributed by atoms with Crippen LogP contribution in [0.4, 0.5) is 4.39 Å². The lowest BCUT2D eigenvalue weighted by Gasteiger charge is -2.25. The Balaban J connectivity index is 1.56. The van der Waals surface area contributed by atoms with Crippen LogP contribution in [0.15, 0.2) is 30.3 Å². The third-order valence-electron chi connectivity index (χ3n) is 3.86. The van der Waals surface area contributed by atoms with E-state index < -0.39 is 0 Å². The van der Waals surface area contributed by atoms with Crippen LogP contribution in [-0.4, -0.2) is 32.1 Å². The molecule has 1 atom stereocenters. The van der Waals surface area contributed by atoms with Crippen LogP contribution in [-0.2, 0) is 9.47 Å². The number of hydrogen-bond acceptors (Lipinski definition) is 3. The Kier molecular flexibility index (Phi) is 4.45. The van der Waals surface area contributed by atoms with Crippen LogP contribution in [0.1, 0.15) is 24.8 Å². The zero-order chi connectivity index (χ0) is 13.8. The molecular formula is C16H20FNO2. The van der Waals surface area contributed by atoms with E-state index >= 15 is 0 Å². The second kappa shape index (κ2) is 6.48. The molecule has 2 heterocycles. The zero-order valence-corrected chi connectivity index (χ0v) is 11.5. The minimum atomic E-state index is -0.175. The monoisotopic (exact) mass is 277 g/mol. The maximum absolute atomic E-state index is 13.3. The van der Waals surface area contributed by atoms with Gasteiger partial charge >= 0.3 is 0 Å². The summed E-state index contributed by atoms with van der Waals surface area (Å²) in [6, 6.07) is 7.24.